The highest BCUT2D eigenvalue weighted by atomic mass is 19.1. The highest BCUT2D eigenvalue weighted by molar-refractivity contribution is 5.89. The molecule has 1 aromatic heterocycles. The van der Waals surface area contributed by atoms with Crippen LogP contribution < -0.4 is 4.74 Å². The molecule has 0 radical (unpaired) electrons. The summed E-state index contributed by atoms with van der Waals surface area (Å²) in [6, 6.07) is 4.36. The molecule has 0 atom stereocenters. The summed E-state index contributed by atoms with van der Waals surface area (Å²) < 4.78 is 18.8. The fourth-order valence-electron chi connectivity index (χ4n) is 1.63. The number of nitro benzene ring substituents is 1. The number of pyridine rings is 1. The van der Waals surface area contributed by atoms with Crippen molar-refractivity contribution in [2.75, 3.05) is 0 Å². The first kappa shape index (κ1) is 14.4. The first-order valence-electron chi connectivity index (χ1n) is 5.71. The number of nitrogens with zero attached hydrogens (tertiary/aromatic N) is 2. The fraction of sp³-hybridized carbons (Fsp3) is 0.0769. The summed E-state index contributed by atoms with van der Waals surface area (Å²) in [5.74, 6) is -2.90. The van der Waals surface area contributed by atoms with Gasteiger partial charge < -0.3 is 9.84 Å². The SMILES string of the molecule is Cc1ncccc1Oc1cc(C(=O)O)c(F)cc1[N+](=O)[O-]. The Morgan fingerprint density at radius 2 is 2.14 bits per heavy atom. The molecular formula is C13H9FN2O5. The van der Waals surface area contributed by atoms with Gasteiger partial charge in [-0.25, -0.2) is 9.18 Å². The van der Waals surface area contributed by atoms with Gasteiger partial charge in [-0.1, -0.05) is 0 Å². The third-order valence-electron chi connectivity index (χ3n) is 2.65. The summed E-state index contributed by atoms with van der Waals surface area (Å²) in [5.41, 5.74) is -0.925. The Labute approximate surface area is 117 Å². The summed E-state index contributed by atoms with van der Waals surface area (Å²) in [6.07, 6.45) is 1.50. The van der Waals surface area contributed by atoms with Gasteiger partial charge in [-0.15, -0.1) is 0 Å². The minimum absolute atomic E-state index is 0.212. The van der Waals surface area contributed by atoms with Crippen molar-refractivity contribution in [1.29, 1.82) is 0 Å². The van der Waals surface area contributed by atoms with Crippen LogP contribution in [0.15, 0.2) is 30.5 Å². The van der Waals surface area contributed by atoms with Crippen LogP contribution in [0.4, 0.5) is 10.1 Å². The number of carbonyl (C=O) groups is 1. The molecule has 0 aliphatic rings. The zero-order chi connectivity index (χ0) is 15.6. The average molecular weight is 292 g/mol. The van der Waals surface area contributed by atoms with Gasteiger partial charge in [0.1, 0.15) is 11.6 Å². The number of rotatable bonds is 4. The van der Waals surface area contributed by atoms with Crippen LogP contribution in [0.2, 0.25) is 0 Å². The lowest BCUT2D eigenvalue weighted by atomic mass is 10.1. The van der Waals surface area contributed by atoms with Crippen molar-refractivity contribution in [1.82, 2.24) is 4.98 Å². The first-order chi connectivity index (χ1) is 9.90. The molecular weight excluding hydrogens is 283 g/mol. The number of aryl methyl sites for hydroxylation is 1. The number of hydrogen-bond acceptors (Lipinski definition) is 5. The largest absolute Gasteiger partial charge is 0.478 e. The highest BCUT2D eigenvalue weighted by Crippen LogP contribution is 2.34. The molecule has 0 fully saturated rings. The van der Waals surface area contributed by atoms with E-state index in [4.69, 9.17) is 9.84 Å². The molecule has 0 amide bonds. The Kier molecular flexibility index (Phi) is 3.79. The van der Waals surface area contributed by atoms with E-state index < -0.39 is 28.0 Å². The van der Waals surface area contributed by atoms with E-state index in [9.17, 15) is 19.3 Å². The third kappa shape index (κ3) is 2.94. The normalized spacial score (nSPS) is 10.2. The van der Waals surface area contributed by atoms with Crippen LogP contribution in [0.25, 0.3) is 0 Å². The third-order valence-corrected chi connectivity index (χ3v) is 2.65. The molecule has 0 unspecified atom stereocenters. The van der Waals surface area contributed by atoms with Crippen LogP contribution in [-0.2, 0) is 0 Å². The molecule has 0 aliphatic heterocycles. The second-order valence-corrected chi connectivity index (χ2v) is 4.05. The van der Waals surface area contributed by atoms with Crippen molar-refractivity contribution >= 4 is 11.7 Å². The number of aromatic nitrogens is 1. The minimum Gasteiger partial charge on any atom is -0.478 e. The van der Waals surface area contributed by atoms with Gasteiger partial charge in [0.25, 0.3) is 0 Å². The van der Waals surface area contributed by atoms with Crippen molar-refractivity contribution < 1.29 is 24.0 Å². The highest BCUT2D eigenvalue weighted by Gasteiger charge is 2.23. The molecule has 21 heavy (non-hydrogen) atoms. The van der Waals surface area contributed by atoms with Gasteiger partial charge in [0.15, 0.2) is 0 Å². The molecule has 2 rings (SSSR count). The molecule has 0 saturated carbocycles. The number of benzene rings is 1. The van der Waals surface area contributed by atoms with E-state index >= 15 is 0 Å². The second-order valence-electron chi connectivity index (χ2n) is 4.05. The van der Waals surface area contributed by atoms with Gasteiger partial charge in [-0.2, -0.15) is 0 Å². The van der Waals surface area contributed by atoms with Crippen molar-refractivity contribution in [3.05, 3.63) is 57.7 Å². The maximum Gasteiger partial charge on any atom is 0.338 e. The molecule has 0 spiro atoms. The number of hydrogen-bond donors (Lipinski definition) is 1. The Morgan fingerprint density at radius 3 is 2.71 bits per heavy atom. The topological polar surface area (TPSA) is 103 Å². The number of nitro groups is 1. The summed E-state index contributed by atoms with van der Waals surface area (Å²) in [7, 11) is 0. The average Bonchev–Trinajstić information content (AvgIpc) is 2.42. The second kappa shape index (κ2) is 5.53. The van der Waals surface area contributed by atoms with Crippen LogP contribution in [-0.4, -0.2) is 21.0 Å². The quantitative estimate of drug-likeness (QED) is 0.686. The van der Waals surface area contributed by atoms with E-state index in [1.807, 2.05) is 0 Å². The zero-order valence-electron chi connectivity index (χ0n) is 10.7. The predicted molar refractivity (Wildman–Crippen MR) is 69.1 cm³/mol. The number of carboxylic acids is 1. The van der Waals surface area contributed by atoms with Gasteiger partial charge in [0.2, 0.25) is 5.75 Å². The predicted octanol–water partition coefficient (Wildman–Crippen LogP) is 2.93. The van der Waals surface area contributed by atoms with Gasteiger partial charge in [0.05, 0.1) is 22.2 Å². The summed E-state index contributed by atoms with van der Waals surface area (Å²) in [5, 5.41) is 19.8. The van der Waals surface area contributed by atoms with E-state index in [2.05, 4.69) is 4.98 Å². The van der Waals surface area contributed by atoms with E-state index in [0.29, 0.717) is 11.8 Å². The molecule has 0 aliphatic carbocycles. The van der Waals surface area contributed by atoms with Gasteiger partial charge in [0, 0.05) is 12.3 Å². The first-order valence-corrected chi connectivity index (χ1v) is 5.71. The molecule has 1 aromatic carbocycles. The Hall–Kier alpha value is -3.03. The van der Waals surface area contributed by atoms with Gasteiger partial charge in [-0.3, -0.25) is 15.1 Å². The number of carboxylic acid groups (broad SMARTS) is 1. The van der Waals surface area contributed by atoms with E-state index in [1.165, 1.54) is 12.3 Å². The number of aromatic carboxylic acids is 1. The molecule has 108 valence electrons. The minimum atomic E-state index is -1.55. The zero-order valence-corrected chi connectivity index (χ0v) is 10.7. The molecule has 1 N–H and O–H groups in total. The molecule has 0 saturated heterocycles. The fourth-order valence-corrected chi connectivity index (χ4v) is 1.63. The van der Waals surface area contributed by atoms with Crippen molar-refractivity contribution in [2.45, 2.75) is 6.92 Å². The van der Waals surface area contributed by atoms with E-state index in [-0.39, 0.29) is 11.5 Å². The molecule has 8 heteroatoms. The van der Waals surface area contributed by atoms with Crippen molar-refractivity contribution in [2.24, 2.45) is 0 Å². The Balaban J connectivity index is 2.55. The van der Waals surface area contributed by atoms with E-state index in [0.717, 1.165) is 6.07 Å². The smallest absolute Gasteiger partial charge is 0.338 e. The standard InChI is InChI=1S/C13H9FN2O5/c1-7-11(3-2-4-15-7)21-12-5-8(13(17)18)9(14)6-10(12)16(19)20/h2-6H,1H3,(H,17,18). The van der Waals surface area contributed by atoms with Crippen molar-refractivity contribution in [3.63, 3.8) is 0 Å². The molecule has 0 bridgehead atoms. The Bertz CT molecular complexity index is 732. The summed E-state index contributed by atoms with van der Waals surface area (Å²) >= 11 is 0. The monoisotopic (exact) mass is 292 g/mol. The summed E-state index contributed by atoms with van der Waals surface area (Å²) in [4.78, 5) is 24.9. The Morgan fingerprint density at radius 1 is 1.43 bits per heavy atom. The number of ether oxygens (including phenoxy) is 1. The molecule has 7 nitrogen and oxygen atoms in total. The van der Waals surface area contributed by atoms with Crippen LogP contribution in [0.5, 0.6) is 11.5 Å². The number of halogens is 1. The summed E-state index contributed by atoms with van der Waals surface area (Å²) in [6.45, 7) is 1.61. The molecule has 1 heterocycles. The van der Waals surface area contributed by atoms with Crippen LogP contribution in [0, 0.1) is 22.9 Å². The maximum atomic E-state index is 13.5. The maximum absolute atomic E-state index is 13.5. The van der Waals surface area contributed by atoms with Crippen molar-refractivity contribution in [3.8, 4) is 11.5 Å². The van der Waals surface area contributed by atoms with Gasteiger partial charge >= 0.3 is 11.7 Å². The van der Waals surface area contributed by atoms with Gasteiger partial charge in [-0.05, 0) is 19.1 Å². The molecule has 2 aromatic rings. The van der Waals surface area contributed by atoms with Crippen LogP contribution in [0.1, 0.15) is 16.1 Å². The van der Waals surface area contributed by atoms with E-state index in [1.54, 1.807) is 13.0 Å². The lowest BCUT2D eigenvalue weighted by Gasteiger charge is -2.09. The van der Waals surface area contributed by atoms with Crippen LogP contribution >= 0.6 is 0 Å². The lowest BCUT2D eigenvalue weighted by molar-refractivity contribution is -0.385. The van der Waals surface area contributed by atoms with Crippen LogP contribution in [0.3, 0.4) is 0 Å². The lowest BCUT2D eigenvalue weighted by Crippen LogP contribution is -2.04.